The van der Waals surface area contributed by atoms with Gasteiger partial charge in [0, 0.05) is 5.56 Å². The SMILES string of the molecule is COc1ccc(-c2c(-c3ccccc3C)ssc2=S)cc1S(=O)(=O)O.[H-].[Na+]. The van der Waals surface area contributed by atoms with Gasteiger partial charge in [0.05, 0.1) is 12.0 Å². The van der Waals surface area contributed by atoms with Crippen molar-refractivity contribution >= 4 is 43.0 Å². The summed E-state index contributed by atoms with van der Waals surface area (Å²) in [6, 6.07) is 12.6. The standard InChI is InChI=1S/C17H14O4S4.Na.H/c1-10-5-3-4-6-12(10)16-15(17(22)24-23-16)11-7-8-13(21-2)14(9-11)25(18,19)20;;/h3-9H,1-2H3,(H,18,19,20);;/q;+1;-1. The molecule has 3 rings (SSSR count). The van der Waals surface area contributed by atoms with Crippen molar-refractivity contribution in [1.29, 1.82) is 0 Å². The Morgan fingerprint density at radius 3 is 2.46 bits per heavy atom. The first-order valence-electron chi connectivity index (χ1n) is 7.18. The molecule has 4 nitrogen and oxygen atoms in total. The van der Waals surface area contributed by atoms with E-state index in [-0.39, 0.29) is 41.6 Å². The average Bonchev–Trinajstić information content (AvgIpc) is 2.95. The number of aryl methyl sites for hydroxylation is 1. The number of benzene rings is 2. The van der Waals surface area contributed by atoms with Crippen molar-refractivity contribution in [3.63, 3.8) is 0 Å². The van der Waals surface area contributed by atoms with E-state index in [4.69, 9.17) is 17.0 Å². The molecule has 1 aromatic heterocycles. The molecule has 2 aromatic carbocycles. The van der Waals surface area contributed by atoms with Gasteiger partial charge in [-0.2, -0.15) is 8.42 Å². The molecule has 0 saturated carbocycles. The van der Waals surface area contributed by atoms with Gasteiger partial charge in [0.1, 0.15) is 14.5 Å². The fourth-order valence-corrected chi connectivity index (χ4v) is 6.21. The maximum Gasteiger partial charge on any atom is 1.00 e. The van der Waals surface area contributed by atoms with Gasteiger partial charge in [-0.05, 0) is 35.7 Å². The predicted octanol–water partition coefficient (Wildman–Crippen LogP) is 2.55. The molecule has 0 spiro atoms. The topological polar surface area (TPSA) is 63.6 Å². The molecule has 1 N–H and O–H groups in total. The monoisotopic (exact) mass is 434 g/mol. The summed E-state index contributed by atoms with van der Waals surface area (Å²) in [5.41, 5.74) is 3.59. The third-order valence-corrected chi connectivity index (χ3v) is 7.68. The molecule has 3 aromatic rings. The van der Waals surface area contributed by atoms with Gasteiger partial charge in [0.25, 0.3) is 10.1 Å². The summed E-state index contributed by atoms with van der Waals surface area (Å²) in [5.74, 6) is 0.0912. The van der Waals surface area contributed by atoms with Crippen LogP contribution < -0.4 is 34.3 Å². The molecule has 26 heavy (non-hydrogen) atoms. The van der Waals surface area contributed by atoms with Crippen molar-refractivity contribution < 1.29 is 48.7 Å². The van der Waals surface area contributed by atoms with Crippen LogP contribution in [0, 0.1) is 10.7 Å². The molecule has 1 heterocycles. The molecular formula is C17H15NaO4S4. The Bertz CT molecular complexity index is 1110. The fourth-order valence-electron chi connectivity index (χ4n) is 2.55. The van der Waals surface area contributed by atoms with Crippen LogP contribution in [0.1, 0.15) is 6.99 Å². The minimum Gasteiger partial charge on any atom is -1.00 e. The van der Waals surface area contributed by atoms with Crippen molar-refractivity contribution in [1.82, 2.24) is 0 Å². The summed E-state index contributed by atoms with van der Waals surface area (Å²) >= 11 is 5.48. The zero-order valence-electron chi connectivity index (χ0n) is 15.3. The molecule has 0 amide bonds. The average molecular weight is 435 g/mol. The Morgan fingerprint density at radius 1 is 1.15 bits per heavy atom. The van der Waals surface area contributed by atoms with Crippen LogP contribution in [0.4, 0.5) is 0 Å². The summed E-state index contributed by atoms with van der Waals surface area (Å²) < 4.78 is 38.6. The Hall–Kier alpha value is -0.580. The molecule has 132 valence electrons. The minimum absolute atomic E-state index is 0. The van der Waals surface area contributed by atoms with Gasteiger partial charge >= 0.3 is 29.6 Å². The number of hydrogen-bond acceptors (Lipinski definition) is 6. The molecule has 0 aliphatic carbocycles. The molecule has 0 fully saturated rings. The van der Waals surface area contributed by atoms with Crippen molar-refractivity contribution in [2.75, 3.05) is 7.11 Å². The number of rotatable bonds is 4. The fraction of sp³-hybridized carbons (Fsp3) is 0.118. The molecule has 9 heteroatoms. The van der Waals surface area contributed by atoms with Crippen LogP contribution in [0.3, 0.4) is 0 Å². The van der Waals surface area contributed by atoms with Gasteiger partial charge < -0.3 is 6.16 Å². The number of hydrogen-bond donors (Lipinski definition) is 1. The van der Waals surface area contributed by atoms with Crippen molar-refractivity contribution in [3.8, 4) is 27.3 Å². The van der Waals surface area contributed by atoms with E-state index in [9.17, 15) is 13.0 Å². The minimum atomic E-state index is -4.41. The maximum absolute atomic E-state index is 11.7. The van der Waals surface area contributed by atoms with Gasteiger partial charge in [0.15, 0.2) is 0 Å². The molecule has 0 unspecified atom stereocenters. The van der Waals surface area contributed by atoms with Crippen LogP contribution in [0.15, 0.2) is 47.4 Å². The van der Waals surface area contributed by atoms with E-state index in [1.807, 2.05) is 31.2 Å². The molecule has 0 saturated heterocycles. The first-order valence-corrected chi connectivity index (χ1v) is 11.2. The van der Waals surface area contributed by atoms with E-state index in [1.165, 1.54) is 29.6 Å². The maximum atomic E-state index is 11.7. The Kier molecular flexibility index (Phi) is 7.20. The molecule has 0 radical (unpaired) electrons. The molecule has 0 aliphatic heterocycles. The smallest absolute Gasteiger partial charge is 1.00 e. The second kappa shape index (κ2) is 8.62. The van der Waals surface area contributed by atoms with Crippen LogP contribution in [-0.4, -0.2) is 20.1 Å². The summed E-state index contributed by atoms with van der Waals surface area (Å²) in [7, 11) is -0.0332. The van der Waals surface area contributed by atoms with E-state index < -0.39 is 10.1 Å². The van der Waals surface area contributed by atoms with Gasteiger partial charge in [-0.1, -0.05) is 63.2 Å². The first-order chi connectivity index (χ1) is 11.8. The van der Waals surface area contributed by atoms with Crippen molar-refractivity contribution in [3.05, 3.63) is 51.9 Å². The van der Waals surface area contributed by atoms with E-state index in [0.29, 0.717) is 9.39 Å². The van der Waals surface area contributed by atoms with Gasteiger partial charge in [-0.15, -0.1) is 0 Å². The Labute approximate surface area is 188 Å². The normalized spacial score (nSPS) is 11.0. The number of methoxy groups -OCH3 is 1. The van der Waals surface area contributed by atoms with Crippen LogP contribution in [-0.2, 0) is 10.1 Å². The third kappa shape index (κ3) is 4.28. The second-order valence-corrected chi connectivity index (χ2v) is 9.52. The van der Waals surface area contributed by atoms with E-state index in [2.05, 4.69) is 0 Å². The summed E-state index contributed by atoms with van der Waals surface area (Å²) in [6.45, 7) is 2.02. The molecule has 0 bridgehead atoms. The summed E-state index contributed by atoms with van der Waals surface area (Å²) in [5, 5.41) is 0. The zero-order chi connectivity index (χ0) is 18.2. The molecule has 0 atom stereocenters. The number of ether oxygens (including phenoxy) is 1. The van der Waals surface area contributed by atoms with Gasteiger partial charge in [-0.3, -0.25) is 4.55 Å². The van der Waals surface area contributed by atoms with Crippen LogP contribution in [0.5, 0.6) is 5.75 Å². The van der Waals surface area contributed by atoms with E-state index >= 15 is 0 Å². The Balaban J connectivity index is 0.00000182. The zero-order valence-corrected chi connectivity index (χ0v) is 19.6. The molecule has 0 aliphatic rings. The summed E-state index contributed by atoms with van der Waals surface area (Å²) in [6.07, 6.45) is 0. The van der Waals surface area contributed by atoms with E-state index in [1.54, 1.807) is 16.4 Å². The van der Waals surface area contributed by atoms with Gasteiger partial charge in [0.2, 0.25) is 0 Å². The first kappa shape index (κ1) is 21.7. The quantitative estimate of drug-likeness (QED) is 0.296. The third-order valence-electron chi connectivity index (χ3n) is 3.75. The predicted molar refractivity (Wildman–Crippen MR) is 106 cm³/mol. The van der Waals surface area contributed by atoms with Crippen LogP contribution >= 0.6 is 32.9 Å². The Morgan fingerprint density at radius 2 is 1.85 bits per heavy atom. The van der Waals surface area contributed by atoms with Crippen molar-refractivity contribution in [2.45, 2.75) is 11.8 Å². The molecular weight excluding hydrogens is 419 g/mol. The second-order valence-electron chi connectivity index (χ2n) is 5.31. The van der Waals surface area contributed by atoms with E-state index in [0.717, 1.165) is 21.6 Å². The van der Waals surface area contributed by atoms with Gasteiger partial charge in [-0.25, -0.2) is 0 Å². The van der Waals surface area contributed by atoms with Crippen LogP contribution in [0.2, 0.25) is 0 Å². The van der Waals surface area contributed by atoms with Crippen LogP contribution in [0.25, 0.3) is 21.6 Å². The summed E-state index contributed by atoms with van der Waals surface area (Å²) in [4.78, 5) is 0.716. The largest absolute Gasteiger partial charge is 1.00 e. The van der Waals surface area contributed by atoms with Crippen molar-refractivity contribution in [2.24, 2.45) is 0 Å².